The Morgan fingerprint density at radius 3 is 2.88 bits per heavy atom. The first-order valence-electron chi connectivity index (χ1n) is 9.22. The fraction of sp³-hybridized carbons (Fsp3) is 0.500. The Bertz CT molecular complexity index is 740. The van der Waals surface area contributed by atoms with E-state index in [1.165, 1.54) is 40.6 Å². The fourth-order valence-electron chi connectivity index (χ4n) is 3.85. The molecule has 2 unspecified atom stereocenters. The molecule has 2 N–H and O–H groups in total. The molecule has 2 aromatic heterocycles. The van der Waals surface area contributed by atoms with Crippen LogP contribution in [-0.2, 0) is 19.3 Å². The molecule has 2 aliphatic rings. The third-order valence-electron chi connectivity index (χ3n) is 5.24. The van der Waals surface area contributed by atoms with Crippen LogP contribution in [0.25, 0.3) is 0 Å². The number of hydrogen-bond donors (Lipinski definition) is 2. The highest BCUT2D eigenvalue weighted by molar-refractivity contribution is 5.54. The van der Waals surface area contributed by atoms with Gasteiger partial charge in [-0.2, -0.15) is 0 Å². The molecule has 2 aliphatic heterocycles. The van der Waals surface area contributed by atoms with E-state index >= 15 is 0 Å². The fourth-order valence-corrected chi connectivity index (χ4v) is 3.85. The molecule has 0 bridgehead atoms. The number of rotatable bonds is 4. The third-order valence-corrected chi connectivity index (χ3v) is 5.24. The Morgan fingerprint density at radius 2 is 2.00 bits per heavy atom. The molecular formula is C20H26N4. The average molecular weight is 322 g/mol. The van der Waals surface area contributed by atoms with Crippen LogP contribution in [0.1, 0.15) is 55.4 Å². The molecule has 0 aromatic carbocycles. The van der Waals surface area contributed by atoms with Gasteiger partial charge >= 0.3 is 0 Å². The maximum absolute atomic E-state index is 4.93. The van der Waals surface area contributed by atoms with Crippen molar-refractivity contribution in [2.45, 2.75) is 57.9 Å². The lowest BCUT2D eigenvalue weighted by Crippen LogP contribution is -2.19. The zero-order valence-electron chi connectivity index (χ0n) is 14.6. The molecule has 4 heteroatoms. The van der Waals surface area contributed by atoms with E-state index in [9.17, 15) is 0 Å². The van der Waals surface area contributed by atoms with Gasteiger partial charge in [0.2, 0.25) is 0 Å². The van der Waals surface area contributed by atoms with E-state index in [1.807, 2.05) is 0 Å². The van der Waals surface area contributed by atoms with Gasteiger partial charge in [0.15, 0.2) is 0 Å². The second kappa shape index (κ2) is 6.42. The molecular weight excluding hydrogens is 296 g/mol. The van der Waals surface area contributed by atoms with Crippen molar-refractivity contribution in [2.75, 3.05) is 17.2 Å². The van der Waals surface area contributed by atoms with E-state index in [1.54, 1.807) is 0 Å². The van der Waals surface area contributed by atoms with Gasteiger partial charge in [-0.1, -0.05) is 13.8 Å². The smallest absolute Gasteiger partial charge is 0.0658 e. The monoisotopic (exact) mass is 322 g/mol. The first kappa shape index (κ1) is 15.4. The summed E-state index contributed by atoms with van der Waals surface area (Å²) in [5.74, 6) is 0.453. The van der Waals surface area contributed by atoms with Crippen LogP contribution in [0.5, 0.6) is 0 Å². The molecule has 126 valence electrons. The number of anilines is 2. The van der Waals surface area contributed by atoms with Crippen LogP contribution in [0.4, 0.5) is 11.4 Å². The molecule has 0 saturated carbocycles. The van der Waals surface area contributed by atoms with E-state index in [0.29, 0.717) is 12.0 Å². The Kier molecular flexibility index (Phi) is 4.13. The van der Waals surface area contributed by atoms with E-state index in [0.717, 1.165) is 32.2 Å². The molecule has 2 atom stereocenters. The van der Waals surface area contributed by atoms with Crippen molar-refractivity contribution < 1.29 is 0 Å². The van der Waals surface area contributed by atoms with Crippen molar-refractivity contribution in [3.05, 3.63) is 47.0 Å². The molecule has 24 heavy (non-hydrogen) atoms. The van der Waals surface area contributed by atoms with Gasteiger partial charge in [-0.15, -0.1) is 0 Å². The standard InChI is InChI=1S/C20H26N4/c1-3-14-6-7-19-20(22-14)12-15(23-19)11-13(2)16-8-9-17-18(24-16)5-4-10-21-17/h6-9,13,15,21,23H,3-5,10-12H2,1-2H3. The van der Waals surface area contributed by atoms with Crippen molar-refractivity contribution in [1.29, 1.82) is 0 Å². The minimum absolute atomic E-state index is 0.453. The van der Waals surface area contributed by atoms with Crippen LogP contribution >= 0.6 is 0 Å². The first-order chi connectivity index (χ1) is 11.7. The number of nitrogens with one attached hydrogen (secondary N) is 2. The maximum atomic E-state index is 4.93. The van der Waals surface area contributed by atoms with Gasteiger partial charge < -0.3 is 10.6 Å². The number of fused-ring (bicyclic) bond motifs is 2. The summed E-state index contributed by atoms with van der Waals surface area (Å²) in [4.78, 5) is 9.70. The number of hydrogen-bond acceptors (Lipinski definition) is 4. The Hall–Kier alpha value is -2.10. The van der Waals surface area contributed by atoms with E-state index < -0.39 is 0 Å². The molecule has 0 saturated heterocycles. The summed E-state index contributed by atoms with van der Waals surface area (Å²) in [5, 5.41) is 7.09. The lowest BCUT2D eigenvalue weighted by atomic mass is 9.96. The summed E-state index contributed by atoms with van der Waals surface area (Å²) in [5.41, 5.74) is 7.31. The highest BCUT2D eigenvalue weighted by Gasteiger charge is 2.25. The molecule has 0 fully saturated rings. The van der Waals surface area contributed by atoms with Crippen LogP contribution in [0.3, 0.4) is 0 Å². The van der Waals surface area contributed by atoms with Gasteiger partial charge in [0, 0.05) is 36.3 Å². The Labute approximate surface area is 144 Å². The minimum Gasteiger partial charge on any atom is -0.384 e. The van der Waals surface area contributed by atoms with Gasteiger partial charge in [-0.25, -0.2) is 0 Å². The summed E-state index contributed by atoms with van der Waals surface area (Å²) in [7, 11) is 0. The summed E-state index contributed by atoms with van der Waals surface area (Å²) in [6, 6.07) is 9.19. The van der Waals surface area contributed by atoms with E-state index in [4.69, 9.17) is 9.97 Å². The molecule has 0 spiro atoms. The Balaban J connectivity index is 1.44. The van der Waals surface area contributed by atoms with Gasteiger partial charge in [-0.3, -0.25) is 9.97 Å². The van der Waals surface area contributed by atoms with Crippen LogP contribution in [-0.4, -0.2) is 22.6 Å². The van der Waals surface area contributed by atoms with Gasteiger partial charge in [-0.05, 0) is 49.9 Å². The SMILES string of the molecule is CCc1ccc2c(n1)CC(CC(C)c1ccc3c(n1)CCCN3)N2. The lowest BCUT2D eigenvalue weighted by molar-refractivity contribution is 0.577. The topological polar surface area (TPSA) is 49.8 Å². The van der Waals surface area contributed by atoms with Crippen molar-refractivity contribution in [1.82, 2.24) is 9.97 Å². The zero-order valence-corrected chi connectivity index (χ0v) is 14.6. The third kappa shape index (κ3) is 2.97. The number of nitrogens with zero attached hydrogens (tertiary/aromatic N) is 2. The van der Waals surface area contributed by atoms with Crippen LogP contribution < -0.4 is 10.6 Å². The van der Waals surface area contributed by atoms with E-state index in [2.05, 4.69) is 48.7 Å². The second-order valence-electron chi connectivity index (χ2n) is 7.09. The zero-order chi connectivity index (χ0) is 16.5. The molecule has 0 amide bonds. The summed E-state index contributed by atoms with van der Waals surface area (Å²) >= 11 is 0. The van der Waals surface area contributed by atoms with E-state index in [-0.39, 0.29) is 0 Å². The molecule has 2 aromatic rings. The first-order valence-corrected chi connectivity index (χ1v) is 9.22. The highest BCUT2D eigenvalue weighted by Crippen LogP contribution is 2.31. The van der Waals surface area contributed by atoms with Crippen molar-refractivity contribution >= 4 is 11.4 Å². The number of aryl methyl sites for hydroxylation is 2. The molecule has 0 aliphatic carbocycles. The summed E-state index contributed by atoms with van der Waals surface area (Å²) < 4.78 is 0. The number of aromatic nitrogens is 2. The largest absolute Gasteiger partial charge is 0.384 e. The minimum atomic E-state index is 0.453. The molecule has 4 nitrogen and oxygen atoms in total. The number of pyridine rings is 2. The second-order valence-corrected chi connectivity index (χ2v) is 7.09. The lowest BCUT2D eigenvalue weighted by Gasteiger charge is -2.21. The van der Waals surface area contributed by atoms with Gasteiger partial charge in [0.05, 0.1) is 22.8 Å². The van der Waals surface area contributed by atoms with Crippen molar-refractivity contribution in [3.63, 3.8) is 0 Å². The Morgan fingerprint density at radius 1 is 1.12 bits per heavy atom. The maximum Gasteiger partial charge on any atom is 0.0658 e. The van der Waals surface area contributed by atoms with Crippen molar-refractivity contribution in [2.24, 2.45) is 0 Å². The molecule has 4 rings (SSSR count). The van der Waals surface area contributed by atoms with Gasteiger partial charge in [0.1, 0.15) is 0 Å². The van der Waals surface area contributed by atoms with Crippen LogP contribution in [0.2, 0.25) is 0 Å². The normalized spacial score (nSPS) is 19.8. The van der Waals surface area contributed by atoms with Crippen LogP contribution in [0, 0.1) is 0 Å². The molecule has 0 radical (unpaired) electrons. The summed E-state index contributed by atoms with van der Waals surface area (Å²) in [6.45, 7) is 5.52. The van der Waals surface area contributed by atoms with Crippen LogP contribution in [0.15, 0.2) is 24.3 Å². The van der Waals surface area contributed by atoms with Gasteiger partial charge in [0.25, 0.3) is 0 Å². The van der Waals surface area contributed by atoms with Crippen molar-refractivity contribution in [3.8, 4) is 0 Å². The molecule has 4 heterocycles. The predicted molar refractivity (Wildman–Crippen MR) is 98.8 cm³/mol. The highest BCUT2D eigenvalue weighted by atomic mass is 15.0. The average Bonchev–Trinajstić information content (AvgIpc) is 3.02. The predicted octanol–water partition coefficient (Wildman–Crippen LogP) is 3.93. The summed E-state index contributed by atoms with van der Waals surface area (Å²) in [6.07, 6.45) is 5.40. The quantitative estimate of drug-likeness (QED) is 0.895.